The van der Waals surface area contributed by atoms with Crippen LogP contribution in [-0.4, -0.2) is 50.8 Å². The Morgan fingerprint density at radius 2 is 1.58 bits per heavy atom. The van der Waals surface area contributed by atoms with Crippen LogP contribution < -0.4 is 5.32 Å². The number of carboxylic acids is 3. The fraction of sp³-hybridized carbons (Fsp3) is 0.0909. The third-order valence-corrected chi connectivity index (χ3v) is 4.77. The molecule has 0 saturated carbocycles. The number of carboxylic acid groups (broad SMARTS) is 3. The largest absolute Gasteiger partial charge is 0.479 e. The monoisotopic (exact) mass is 425 g/mol. The zero-order chi connectivity index (χ0) is 22.8. The molecular formula is C22H16FNO7. The molecule has 158 valence electrons. The molecule has 0 heterocycles. The number of carbonyl (C=O) groups excluding carboxylic acids is 1. The van der Waals surface area contributed by atoms with Crippen molar-refractivity contribution >= 4 is 29.4 Å². The molecule has 4 N–H and O–H groups in total. The van der Waals surface area contributed by atoms with Gasteiger partial charge in [-0.2, -0.15) is 0 Å². The van der Waals surface area contributed by atoms with Crippen molar-refractivity contribution in [1.29, 1.82) is 0 Å². The Morgan fingerprint density at radius 3 is 2.16 bits per heavy atom. The van der Waals surface area contributed by atoms with Crippen molar-refractivity contribution in [3.8, 4) is 0 Å². The number of halogens is 1. The summed E-state index contributed by atoms with van der Waals surface area (Å²) in [5.41, 5.74) is -3.32. The number of benzene rings is 2. The zero-order valence-corrected chi connectivity index (χ0v) is 15.8. The Hall–Kier alpha value is -4.27. The molecule has 8 nitrogen and oxygen atoms in total. The zero-order valence-electron chi connectivity index (χ0n) is 15.8. The van der Waals surface area contributed by atoms with Gasteiger partial charge in [-0.25, -0.2) is 18.8 Å². The van der Waals surface area contributed by atoms with Gasteiger partial charge in [-0.3, -0.25) is 4.79 Å². The van der Waals surface area contributed by atoms with Crippen LogP contribution in [0, 0.1) is 0 Å². The van der Waals surface area contributed by atoms with E-state index in [9.17, 15) is 29.4 Å². The third-order valence-electron chi connectivity index (χ3n) is 4.77. The smallest absolute Gasteiger partial charge is 0.348 e. The topological polar surface area (TPSA) is 141 Å². The van der Waals surface area contributed by atoms with Gasteiger partial charge in [0.15, 0.2) is 0 Å². The lowest BCUT2D eigenvalue weighted by molar-refractivity contribution is -0.148. The maximum Gasteiger partial charge on any atom is 0.348 e. The molecule has 1 aliphatic carbocycles. The van der Waals surface area contributed by atoms with E-state index in [1.807, 2.05) is 0 Å². The highest BCUT2D eigenvalue weighted by atomic mass is 19.1. The second kappa shape index (κ2) is 8.23. The Bertz CT molecular complexity index is 1140. The van der Waals surface area contributed by atoms with E-state index in [1.54, 1.807) is 30.3 Å². The van der Waals surface area contributed by atoms with Crippen LogP contribution in [0.25, 0.3) is 5.57 Å². The molecule has 1 aliphatic rings. The van der Waals surface area contributed by atoms with Gasteiger partial charge in [0.1, 0.15) is 0 Å². The van der Waals surface area contributed by atoms with Crippen molar-refractivity contribution in [2.24, 2.45) is 0 Å². The maximum absolute atomic E-state index is 15.2. The summed E-state index contributed by atoms with van der Waals surface area (Å²) >= 11 is 0. The van der Waals surface area contributed by atoms with E-state index in [-0.39, 0.29) is 5.56 Å². The summed E-state index contributed by atoms with van der Waals surface area (Å²) in [6.07, 6.45) is 3.29. The lowest BCUT2D eigenvalue weighted by Crippen LogP contribution is -2.53. The standard InChI is InChI=1S/C22H16FNO7/c23-22(21(30)31)9-8-13(12-4-2-1-3-5-12)11-17(22)24-18(25)16-10-14(19(26)27)6-7-15(16)20(28)29/h1-11,17H,(H,24,25)(H,26,27)(H,28,29)(H,30,31). The molecule has 2 aromatic rings. The first kappa shape index (κ1) is 21.4. The van der Waals surface area contributed by atoms with Crippen LogP contribution in [0.2, 0.25) is 0 Å². The van der Waals surface area contributed by atoms with Crippen LogP contribution in [0.15, 0.2) is 66.8 Å². The summed E-state index contributed by atoms with van der Waals surface area (Å²) in [5.74, 6) is -5.89. The molecule has 0 spiro atoms. The summed E-state index contributed by atoms with van der Waals surface area (Å²) in [4.78, 5) is 47.0. The molecule has 2 unspecified atom stereocenters. The molecule has 1 amide bonds. The molecule has 0 fully saturated rings. The minimum absolute atomic E-state index is 0.357. The number of amides is 1. The van der Waals surface area contributed by atoms with E-state index in [0.717, 1.165) is 24.3 Å². The van der Waals surface area contributed by atoms with Gasteiger partial charge >= 0.3 is 17.9 Å². The van der Waals surface area contributed by atoms with Gasteiger partial charge in [0, 0.05) is 0 Å². The molecule has 9 heteroatoms. The molecule has 0 radical (unpaired) electrons. The van der Waals surface area contributed by atoms with Gasteiger partial charge < -0.3 is 20.6 Å². The second-order valence-corrected chi connectivity index (χ2v) is 6.72. The molecule has 0 bridgehead atoms. The van der Waals surface area contributed by atoms with E-state index in [0.29, 0.717) is 11.1 Å². The quantitative estimate of drug-likeness (QED) is 0.557. The number of aromatic carboxylic acids is 2. The Labute approximate surface area is 174 Å². The van der Waals surface area contributed by atoms with E-state index >= 15 is 4.39 Å². The summed E-state index contributed by atoms with van der Waals surface area (Å²) in [6.45, 7) is 0. The summed E-state index contributed by atoms with van der Waals surface area (Å²) < 4.78 is 15.2. The molecule has 31 heavy (non-hydrogen) atoms. The summed E-state index contributed by atoms with van der Waals surface area (Å²) in [6, 6.07) is 9.72. The predicted molar refractivity (Wildman–Crippen MR) is 107 cm³/mol. The first-order valence-electron chi connectivity index (χ1n) is 8.94. The van der Waals surface area contributed by atoms with E-state index in [2.05, 4.69) is 5.32 Å². The normalized spacial score (nSPS) is 19.9. The fourth-order valence-corrected chi connectivity index (χ4v) is 3.12. The van der Waals surface area contributed by atoms with Gasteiger partial charge in [0.25, 0.3) is 5.91 Å². The highest BCUT2D eigenvalue weighted by Crippen LogP contribution is 2.31. The van der Waals surface area contributed by atoms with Crippen LogP contribution in [0.3, 0.4) is 0 Å². The first-order chi connectivity index (χ1) is 14.6. The van der Waals surface area contributed by atoms with Gasteiger partial charge in [-0.15, -0.1) is 0 Å². The minimum atomic E-state index is -3.00. The van der Waals surface area contributed by atoms with Crippen LogP contribution in [0.1, 0.15) is 36.6 Å². The van der Waals surface area contributed by atoms with E-state index < -0.39 is 46.7 Å². The Morgan fingerprint density at radius 1 is 0.903 bits per heavy atom. The lowest BCUT2D eigenvalue weighted by Gasteiger charge is -2.30. The fourth-order valence-electron chi connectivity index (χ4n) is 3.12. The molecule has 0 saturated heterocycles. The van der Waals surface area contributed by atoms with Gasteiger partial charge in [-0.05, 0) is 35.4 Å². The van der Waals surface area contributed by atoms with Crippen molar-refractivity contribution in [2.75, 3.05) is 0 Å². The molecule has 0 aromatic heterocycles. The average molecular weight is 425 g/mol. The number of carbonyl (C=O) groups is 4. The summed E-state index contributed by atoms with van der Waals surface area (Å²) in [5, 5.41) is 30.0. The second-order valence-electron chi connectivity index (χ2n) is 6.72. The number of rotatable bonds is 6. The van der Waals surface area contributed by atoms with Crippen molar-refractivity contribution in [3.05, 3.63) is 89.0 Å². The third kappa shape index (κ3) is 4.20. The number of hydrogen-bond acceptors (Lipinski definition) is 4. The molecule has 2 atom stereocenters. The maximum atomic E-state index is 15.2. The van der Waals surface area contributed by atoms with Gasteiger partial charge in [0.05, 0.1) is 22.7 Å². The van der Waals surface area contributed by atoms with Crippen LogP contribution >= 0.6 is 0 Å². The highest BCUT2D eigenvalue weighted by Gasteiger charge is 2.46. The number of hydrogen-bond donors (Lipinski definition) is 4. The van der Waals surface area contributed by atoms with Crippen LogP contribution in [0.5, 0.6) is 0 Å². The van der Waals surface area contributed by atoms with E-state index in [4.69, 9.17) is 5.11 Å². The predicted octanol–water partition coefficient (Wildman–Crippen LogP) is 2.63. The molecule has 3 rings (SSSR count). The van der Waals surface area contributed by atoms with E-state index in [1.165, 1.54) is 12.2 Å². The number of aliphatic carboxylic acids is 1. The number of alkyl halides is 1. The summed E-state index contributed by atoms with van der Waals surface area (Å²) in [7, 11) is 0. The van der Waals surface area contributed by atoms with Crippen molar-refractivity contribution < 1.29 is 38.9 Å². The Kier molecular flexibility index (Phi) is 5.69. The molecular weight excluding hydrogens is 409 g/mol. The number of allylic oxidation sites excluding steroid dienone is 2. The van der Waals surface area contributed by atoms with Crippen LogP contribution in [0.4, 0.5) is 4.39 Å². The van der Waals surface area contributed by atoms with Gasteiger partial charge in [-0.1, -0.05) is 42.5 Å². The van der Waals surface area contributed by atoms with Crippen LogP contribution in [-0.2, 0) is 4.79 Å². The van der Waals surface area contributed by atoms with Crippen molar-refractivity contribution in [1.82, 2.24) is 5.32 Å². The molecule has 0 aliphatic heterocycles. The van der Waals surface area contributed by atoms with Gasteiger partial charge in [0.2, 0.25) is 5.67 Å². The van der Waals surface area contributed by atoms with Crippen molar-refractivity contribution in [3.63, 3.8) is 0 Å². The number of nitrogens with one attached hydrogen (secondary N) is 1. The minimum Gasteiger partial charge on any atom is -0.479 e. The first-order valence-corrected chi connectivity index (χ1v) is 8.94. The van der Waals surface area contributed by atoms with Crippen molar-refractivity contribution in [2.45, 2.75) is 11.7 Å². The molecule has 2 aromatic carbocycles. The average Bonchev–Trinajstić information content (AvgIpc) is 2.75. The Balaban J connectivity index is 2.03. The highest BCUT2D eigenvalue weighted by molar-refractivity contribution is 6.07. The lowest BCUT2D eigenvalue weighted by atomic mass is 9.86. The SMILES string of the molecule is O=C(O)c1ccc(C(=O)O)c(C(=O)NC2C=C(c3ccccc3)C=CC2(F)C(=O)O)c1.